The normalized spacial score (nSPS) is 11.1. The van der Waals surface area contributed by atoms with Crippen molar-refractivity contribution in [2.75, 3.05) is 19.5 Å². The van der Waals surface area contributed by atoms with Crippen molar-refractivity contribution < 1.29 is 41.2 Å². The van der Waals surface area contributed by atoms with Gasteiger partial charge in [0, 0.05) is 30.0 Å². The van der Waals surface area contributed by atoms with Crippen LogP contribution in [0, 0.1) is 13.8 Å². The molecule has 2 rings (SSSR count). The van der Waals surface area contributed by atoms with Crippen LogP contribution in [0.3, 0.4) is 0 Å². The van der Waals surface area contributed by atoms with Crippen molar-refractivity contribution in [1.82, 2.24) is 0 Å². The number of quaternary nitrogens is 1. The molecular weight excluding hydrogens is 486 g/mol. The summed E-state index contributed by atoms with van der Waals surface area (Å²) >= 11 is 0. The Morgan fingerprint density at radius 2 is 1.28 bits per heavy atom. The van der Waals surface area contributed by atoms with E-state index in [0.29, 0.717) is 12.7 Å². The lowest BCUT2D eigenvalue weighted by atomic mass is 9.88. The summed E-state index contributed by atoms with van der Waals surface area (Å²) in [5, 5.41) is 4.34. The van der Waals surface area contributed by atoms with Crippen molar-refractivity contribution in [2.45, 2.75) is 73.3 Å². The Kier molecular flexibility index (Phi) is 15.3. The summed E-state index contributed by atoms with van der Waals surface area (Å²) in [6, 6.07) is 8.04. The molecule has 2 aromatic carbocycles. The first kappa shape index (κ1) is 35.6. The second kappa shape index (κ2) is 15.5. The standard InChI is InChI=1S/C20H20F6N2O2.3C2H6/c1-11-8-14(18(30-4,19(21,22)23)20(24,25)26)9-12(2)16(11)28-17(29)13-6-5-7-15(10-13)27-3;3*1-2/h5-10,27H,1-4H3,(H,28,29);3*1-2H3/p+1. The zero-order valence-corrected chi connectivity index (χ0v) is 22.6. The Balaban J connectivity index is 0. The van der Waals surface area contributed by atoms with Crippen LogP contribution in [0.4, 0.5) is 37.7 Å². The number of hydrogen-bond acceptors (Lipinski definition) is 2. The Hall–Kier alpha value is -2.59. The fraction of sp³-hybridized carbons (Fsp3) is 0.500. The SMILES string of the molecule is CC.CC.CC.C[NH2+]c1cccc(C(=O)Nc2c(C)cc(C(OC)(C(F)(F)F)C(F)(F)F)cc2C)c1. The zero-order chi connectivity index (χ0) is 28.9. The van der Waals surface area contributed by atoms with E-state index in [1.54, 1.807) is 36.6 Å². The molecule has 36 heavy (non-hydrogen) atoms. The van der Waals surface area contributed by atoms with Gasteiger partial charge in [0.1, 0.15) is 5.69 Å². The topological polar surface area (TPSA) is 54.9 Å². The molecule has 10 heteroatoms. The highest BCUT2D eigenvalue weighted by atomic mass is 19.4. The summed E-state index contributed by atoms with van der Waals surface area (Å²) in [6.07, 6.45) is -11.5. The fourth-order valence-corrected chi connectivity index (χ4v) is 3.25. The van der Waals surface area contributed by atoms with Crippen LogP contribution in [0.15, 0.2) is 36.4 Å². The number of aryl methyl sites for hydroxylation is 2. The van der Waals surface area contributed by atoms with Crippen molar-refractivity contribution >= 4 is 17.3 Å². The lowest BCUT2D eigenvalue weighted by Crippen LogP contribution is -2.72. The van der Waals surface area contributed by atoms with Crippen molar-refractivity contribution in [3.8, 4) is 0 Å². The molecule has 0 aliphatic carbocycles. The number of benzene rings is 2. The lowest BCUT2D eigenvalue weighted by Gasteiger charge is -2.36. The molecule has 0 bridgehead atoms. The summed E-state index contributed by atoms with van der Waals surface area (Å²) in [5.74, 6) is -0.540. The fourth-order valence-electron chi connectivity index (χ4n) is 3.25. The average Bonchev–Trinajstić information content (AvgIpc) is 2.84. The maximum Gasteiger partial charge on any atom is 0.430 e. The number of alkyl halides is 6. The van der Waals surface area contributed by atoms with Crippen LogP contribution in [0.25, 0.3) is 0 Å². The number of amides is 1. The van der Waals surface area contributed by atoms with E-state index in [9.17, 15) is 31.1 Å². The quantitative estimate of drug-likeness (QED) is 0.315. The second-order valence-electron chi connectivity index (χ2n) is 6.73. The second-order valence-corrected chi connectivity index (χ2v) is 6.73. The van der Waals surface area contributed by atoms with Gasteiger partial charge in [-0.2, -0.15) is 26.3 Å². The van der Waals surface area contributed by atoms with Gasteiger partial charge >= 0.3 is 12.4 Å². The molecule has 0 aliphatic heterocycles. The first-order valence-electron chi connectivity index (χ1n) is 11.8. The molecule has 0 atom stereocenters. The molecule has 0 saturated carbocycles. The molecule has 0 aromatic heterocycles. The molecule has 0 unspecified atom stereocenters. The highest BCUT2D eigenvalue weighted by molar-refractivity contribution is 6.05. The highest BCUT2D eigenvalue weighted by Gasteiger charge is 2.73. The molecule has 0 aliphatic rings. The molecule has 3 N–H and O–H groups in total. The van der Waals surface area contributed by atoms with Gasteiger partial charge in [0.2, 0.25) is 0 Å². The minimum atomic E-state index is -5.75. The summed E-state index contributed by atoms with van der Waals surface area (Å²) < 4.78 is 85.1. The lowest BCUT2D eigenvalue weighted by molar-refractivity contribution is -0.539. The van der Waals surface area contributed by atoms with E-state index in [1.165, 1.54) is 13.8 Å². The molecule has 2 aromatic rings. The van der Waals surface area contributed by atoms with Crippen LogP contribution < -0.4 is 10.6 Å². The predicted molar refractivity (Wildman–Crippen MR) is 133 cm³/mol. The van der Waals surface area contributed by atoms with Crippen LogP contribution in [0.5, 0.6) is 0 Å². The first-order valence-corrected chi connectivity index (χ1v) is 11.8. The molecule has 4 nitrogen and oxygen atoms in total. The Morgan fingerprint density at radius 3 is 1.64 bits per heavy atom. The van der Waals surface area contributed by atoms with E-state index in [4.69, 9.17) is 0 Å². The Bertz CT molecular complexity index is 904. The van der Waals surface area contributed by atoms with Crippen molar-refractivity contribution in [3.63, 3.8) is 0 Å². The number of rotatable bonds is 5. The van der Waals surface area contributed by atoms with Crippen molar-refractivity contribution in [3.05, 3.63) is 58.7 Å². The van der Waals surface area contributed by atoms with Gasteiger partial charge in [-0.05, 0) is 37.1 Å². The van der Waals surface area contributed by atoms with Gasteiger partial charge in [0.15, 0.2) is 0 Å². The smallest absolute Gasteiger partial charge is 0.357 e. The van der Waals surface area contributed by atoms with E-state index >= 15 is 0 Å². The Labute approximate surface area is 210 Å². The third-order valence-electron chi connectivity index (χ3n) is 4.76. The molecule has 0 radical (unpaired) electrons. The number of hydrogen-bond donors (Lipinski definition) is 2. The number of carbonyl (C=O) groups excluding carboxylic acids is 1. The highest BCUT2D eigenvalue weighted by Crippen LogP contribution is 2.53. The number of anilines is 1. The van der Waals surface area contributed by atoms with Gasteiger partial charge < -0.3 is 15.4 Å². The van der Waals surface area contributed by atoms with Gasteiger partial charge in [-0.25, -0.2) is 0 Å². The third-order valence-corrected chi connectivity index (χ3v) is 4.76. The minimum absolute atomic E-state index is 0.0338. The molecule has 1 amide bonds. The molecule has 0 heterocycles. The van der Waals surface area contributed by atoms with Gasteiger partial charge in [-0.3, -0.25) is 4.79 Å². The van der Waals surface area contributed by atoms with Crippen molar-refractivity contribution in [1.29, 1.82) is 0 Å². The number of carbonyl (C=O) groups is 1. The summed E-state index contributed by atoms with van der Waals surface area (Å²) in [7, 11) is 2.15. The molecule has 0 saturated heterocycles. The number of halogens is 6. The van der Waals surface area contributed by atoms with Crippen LogP contribution in [0.2, 0.25) is 0 Å². The first-order chi connectivity index (χ1) is 16.8. The summed E-state index contributed by atoms with van der Waals surface area (Å²) in [4.78, 5) is 12.5. The van der Waals surface area contributed by atoms with Crippen LogP contribution >= 0.6 is 0 Å². The van der Waals surface area contributed by atoms with Crippen LogP contribution in [-0.2, 0) is 10.3 Å². The van der Waals surface area contributed by atoms with E-state index in [1.807, 2.05) is 41.5 Å². The van der Waals surface area contributed by atoms with E-state index in [-0.39, 0.29) is 16.8 Å². The minimum Gasteiger partial charge on any atom is -0.357 e. The number of nitrogens with one attached hydrogen (secondary N) is 1. The van der Waals surface area contributed by atoms with E-state index in [2.05, 4.69) is 10.1 Å². The van der Waals surface area contributed by atoms with Crippen molar-refractivity contribution in [2.24, 2.45) is 0 Å². The number of nitrogens with two attached hydrogens (primary N) is 1. The maximum absolute atomic E-state index is 13.5. The van der Waals surface area contributed by atoms with E-state index < -0.39 is 29.4 Å². The molecule has 206 valence electrons. The van der Waals surface area contributed by atoms with E-state index in [0.717, 1.165) is 17.8 Å². The van der Waals surface area contributed by atoms with Gasteiger partial charge in [-0.15, -0.1) is 0 Å². The monoisotopic (exact) mass is 525 g/mol. The molecular formula is C26H39F6N2O2+. The summed E-state index contributed by atoms with van der Waals surface area (Å²) in [5.41, 5.74) is -4.32. The van der Waals surface area contributed by atoms with Gasteiger partial charge in [-0.1, -0.05) is 59.7 Å². The largest absolute Gasteiger partial charge is 0.430 e. The van der Waals surface area contributed by atoms with Crippen LogP contribution in [0.1, 0.15) is 68.6 Å². The number of ether oxygens (including phenoxy) is 1. The number of methoxy groups -OCH3 is 1. The summed E-state index contributed by atoms with van der Waals surface area (Å²) in [6.45, 7) is 14.6. The third kappa shape index (κ3) is 7.96. The molecule has 0 fully saturated rings. The molecule has 0 spiro atoms. The predicted octanol–water partition coefficient (Wildman–Crippen LogP) is 7.43. The Morgan fingerprint density at radius 1 is 0.833 bits per heavy atom. The zero-order valence-electron chi connectivity index (χ0n) is 22.6. The van der Waals surface area contributed by atoms with Gasteiger partial charge in [0.25, 0.3) is 11.5 Å². The maximum atomic E-state index is 13.5. The van der Waals surface area contributed by atoms with Crippen LogP contribution in [-0.4, -0.2) is 32.4 Å². The average molecular weight is 526 g/mol. The van der Waals surface area contributed by atoms with Gasteiger partial charge in [0.05, 0.1) is 7.05 Å².